The molecule has 1 aliphatic heterocycles. The third-order valence-corrected chi connectivity index (χ3v) is 4.74. The maximum Gasteiger partial charge on any atom is 0.136 e. The molecule has 3 rings (SSSR count). The molecule has 2 aromatic rings. The van der Waals surface area contributed by atoms with Gasteiger partial charge in [-0.25, -0.2) is 9.97 Å². The molecule has 0 bridgehead atoms. The second kappa shape index (κ2) is 7.17. The summed E-state index contributed by atoms with van der Waals surface area (Å²) >= 11 is 1.70. The second-order valence-corrected chi connectivity index (χ2v) is 7.87. The van der Waals surface area contributed by atoms with Crippen molar-refractivity contribution in [2.45, 2.75) is 38.9 Å². The molecule has 2 aromatic heterocycles. The van der Waals surface area contributed by atoms with Crippen molar-refractivity contribution in [3.63, 3.8) is 0 Å². The molecule has 0 amide bonds. The Bertz CT molecular complexity index is 667. The first kappa shape index (κ1) is 17.3. The maximum atomic E-state index is 5.95. The lowest BCUT2D eigenvalue weighted by Gasteiger charge is -2.34. The first-order chi connectivity index (χ1) is 11.5. The van der Waals surface area contributed by atoms with Crippen LogP contribution in [0.3, 0.4) is 0 Å². The highest BCUT2D eigenvalue weighted by Gasteiger charge is 2.26. The van der Waals surface area contributed by atoms with Crippen LogP contribution in [-0.2, 0) is 21.5 Å². The standard InChI is InChI=1S/C18H25N3O2S/c1-18(2,3)17-19-14(11-22-4)9-16(20-17)21-6-7-23-15(10-21)13-5-8-24-12-13/h5,8-9,12,15H,6-7,10-11H2,1-4H3. The fourth-order valence-corrected chi connectivity index (χ4v) is 3.42. The Hall–Kier alpha value is -1.50. The first-order valence-electron chi connectivity index (χ1n) is 8.23. The van der Waals surface area contributed by atoms with Crippen molar-refractivity contribution in [2.24, 2.45) is 0 Å². The average molecular weight is 347 g/mol. The van der Waals surface area contributed by atoms with E-state index in [1.807, 2.05) is 6.07 Å². The van der Waals surface area contributed by atoms with Crippen LogP contribution in [0.5, 0.6) is 0 Å². The molecule has 1 saturated heterocycles. The molecule has 0 saturated carbocycles. The number of nitrogens with zero attached hydrogens (tertiary/aromatic N) is 3. The van der Waals surface area contributed by atoms with E-state index in [2.05, 4.69) is 47.5 Å². The Morgan fingerprint density at radius 1 is 1.38 bits per heavy atom. The summed E-state index contributed by atoms with van der Waals surface area (Å²) in [5, 5.41) is 4.25. The van der Waals surface area contributed by atoms with Crippen LogP contribution in [0.15, 0.2) is 22.9 Å². The van der Waals surface area contributed by atoms with Crippen molar-refractivity contribution in [1.82, 2.24) is 9.97 Å². The Morgan fingerprint density at radius 2 is 2.21 bits per heavy atom. The smallest absolute Gasteiger partial charge is 0.136 e. The van der Waals surface area contributed by atoms with Gasteiger partial charge in [0.1, 0.15) is 17.7 Å². The SMILES string of the molecule is COCc1cc(N2CCOC(c3ccsc3)C2)nc(C(C)(C)C)n1. The Balaban J connectivity index is 1.88. The van der Waals surface area contributed by atoms with E-state index in [1.165, 1.54) is 5.56 Å². The summed E-state index contributed by atoms with van der Waals surface area (Å²) in [6.07, 6.45) is 0.101. The normalized spacial score (nSPS) is 18.8. The highest BCUT2D eigenvalue weighted by atomic mass is 32.1. The van der Waals surface area contributed by atoms with Gasteiger partial charge in [-0.05, 0) is 22.4 Å². The molecule has 130 valence electrons. The van der Waals surface area contributed by atoms with Crippen LogP contribution in [0, 0.1) is 0 Å². The van der Waals surface area contributed by atoms with Gasteiger partial charge < -0.3 is 14.4 Å². The Morgan fingerprint density at radius 3 is 2.88 bits per heavy atom. The number of morpholine rings is 1. The Kier molecular flexibility index (Phi) is 5.18. The van der Waals surface area contributed by atoms with Crippen molar-refractivity contribution in [2.75, 3.05) is 31.7 Å². The van der Waals surface area contributed by atoms with Gasteiger partial charge in [-0.15, -0.1) is 0 Å². The lowest BCUT2D eigenvalue weighted by molar-refractivity contribution is 0.0397. The molecule has 6 heteroatoms. The highest BCUT2D eigenvalue weighted by molar-refractivity contribution is 7.07. The molecule has 0 aromatic carbocycles. The fraction of sp³-hybridized carbons (Fsp3) is 0.556. The number of aromatic nitrogens is 2. The summed E-state index contributed by atoms with van der Waals surface area (Å²) < 4.78 is 11.2. The van der Waals surface area contributed by atoms with Gasteiger partial charge in [0.15, 0.2) is 0 Å². The lowest BCUT2D eigenvalue weighted by Crippen LogP contribution is -2.39. The van der Waals surface area contributed by atoms with Crippen LogP contribution >= 0.6 is 11.3 Å². The van der Waals surface area contributed by atoms with Gasteiger partial charge in [-0.2, -0.15) is 11.3 Å². The minimum Gasteiger partial charge on any atom is -0.378 e. The van der Waals surface area contributed by atoms with Gasteiger partial charge in [-0.1, -0.05) is 20.8 Å². The third-order valence-electron chi connectivity index (χ3n) is 4.03. The van der Waals surface area contributed by atoms with Gasteiger partial charge >= 0.3 is 0 Å². The number of thiophene rings is 1. The molecule has 1 atom stereocenters. The van der Waals surface area contributed by atoms with Gasteiger partial charge in [0.25, 0.3) is 0 Å². The predicted molar refractivity (Wildman–Crippen MR) is 96.7 cm³/mol. The van der Waals surface area contributed by atoms with E-state index in [0.717, 1.165) is 30.4 Å². The summed E-state index contributed by atoms with van der Waals surface area (Å²) in [6.45, 7) is 9.26. The average Bonchev–Trinajstić information content (AvgIpc) is 3.09. The number of rotatable bonds is 4. The summed E-state index contributed by atoms with van der Waals surface area (Å²) in [5.74, 6) is 1.82. The highest BCUT2D eigenvalue weighted by Crippen LogP contribution is 2.28. The van der Waals surface area contributed by atoms with Gasteiger partial charge in [0, 0.05) is 31.7 Å². The minimum atomic E-state index is -0.0997. The molecule has 1 fully saturated rings. The summed E-state index contributed by atoms with van der Waals surface area (Å²) in [5.41, 5.74) is 2.07. The number of anilines is 1. The quantitative estimate of drug-likeness (QED) is 0.846. The minimum absolute atomic E-state index is 0.0997. The largest absolute Gasteiger partial charge is 0.378 e. The zero-order chi connectivity index (χ0) is 17.2. The van der Waals surface area contributed by atoms with Gasteiger partial charge in [-0.3, -0.25) is 0 Å². The molecule has 1 aliphatic rings. The molecular formula is C18H25N3O2S. The number of hydrogen-bond donors (Lipinski definition) is 0. The van der Waals surface area contributed by atoms with Gasteiger partial charge in [0.2, 0.25) is 0 Å². The molecule has 0 aliphatic carbocycles. The second-order valence-electron chi connectivity index (χ2n) is 7.09. The van der Waals surface area contributed by atoms with Crippen LogP contribution in [-0.4, -0.2) is 36.8 Å². The number of methoxy groups -OCH3 is 1. The molecule has 5 nitrogen and oxygen atoms in total. The molecule has 0 radical (unpaired) electrons. The van der Waals surface area contributed by atoms with Crippen molar-refractivity contribution in [1.29, 1.82) is 0 Å². The predicted octanol–water partition coefficient (Wildman–Crippen LogP) is 3.56. The molecule has 0 spiro atoms. The van der Waals surface area contributed by atoms with Crippen LogP contribution in [0.25, 0.3) is 0 Å². The van der Waals surface area contributed by atoms with E-state index in [1.54, 1.807) is 18.4 Å². The maximum absolute atomic E-state index is 5.95. The third kappa shape index (κ3) is 3.94. The molecule has 3 heterocycles. The van der Waals surface area contributed by atoms with Crippen molar-refractivity contribution < 1.29 is 9.47 Å². The van der Waals surface area contributed by atoms with Crippen molar-refractivity contribution in [3.8, 4) is 0 Å². The zero-order valence-electron chi connectivity index (χ0n) is 14.8. The van der Waals surface area contributed by atoms with E-state index in [9.17, 15) is 0 Å². The topological polar surface area (TPSA) is 47.5 Å². The monoisotopic (exact) mass is 347 g/mol. The summed E-state index contributed by atoms with van der Waals surface area (Å²) in [7, 11) is 1.69. The number of ether oxygens (including phenoxy) is 2. The van der Waals surface area contributed by atoms with E-state index in [-0.39, 0.29) is 11.5 Å². The van der Waals surface area contributed by atoms with E-state index < -0.39 is 0 Å². The van der Waals surface area contributed by atoms with Crippen molar-refractivity contribution >= 4 is 17.2 Å². The van der Waals surface area contributed by atoms with Gasteiger partial charge in [0.05, 0.1) is 18.9 Å². The van der Waals surface area contributed by atoms with E-state index in [0.29, 0.717) is 13.2 Å². The zero-order valence-corrected chi connectivity index (χ0v) is 15.6. The summed E-state index contributed by atoms with van der Waals surface area (Å²) in [4.78, 5) is 11.8. The molecular weight excluding hydrogens is 322 g/mol. The lowest BCUT2D eigenvalue weighted by atomic mass is 9.95. The van der Waals surface area contributed by atoms with Crippen LogP contribution in [0.1, 0.15) is 44.0 Å². The molecule has 1 unspecified atom stereocenters. The van der Waals surface area contributed by atoms with Crippen LogP contribution in [0.4, 0.5) is 5.82 Å². The Labute approximate surface area is 147 Å². The van der Waals surface area contributed by atoms with Crippen LogP contribution in [0.2, 0.25) is 0 Å². The van der Waals surface area contributed by atoms with Crippen molar-refractivity contribution in [3.05, 3.63) is 40.0 Å². The summed E-state index contributed by atoms with van der Waals surface area (Å²) in [6, 6.07) is 4.17. The molecule has 24 heavy (non-hydrogen) atoms. The fourth-order valence-electron chi connectivity index (χ4n) is 2.72. The first-order valence-corrected chi connectivity index (χ1v) is 9.17. The van der Waals surface area contributed by atoms with Crippen LogP contribution < -0.4 is 4.90 Å². The van der Waals surface area contributed by atoms with E-state index >= 15 is 0 Å². The molecule has 0 N–H and O–H groups in total. The van der Waals surface area contributed by atoms with E-state index in [4.69, 9.17) is 14.5 Å². The number of hydrogen-bond acceptors (Lipinski definition) is 6.